The van der Waals surface area contributed by atoms with Gasteiger partial charge in [-0.3, -0.25) is 9.48 Å². The van der Waals surface area contributed by atoms with Gasteiger partial charge in [0.15, 0.2) is 0 Å². The molecule has 25 heavy (non-hydrogen) atoms. The van der Waals surface area contributed by atoms with Crippen LogP contribution in [0.2, 0.25) is 0 Å². The van der Waals surface area contributed by atoms with Gasteiger partial charge in [0.05, 0.1) is 6.54 Å². The number of hydrogen-bond acceptors (Lipinski definition) is 4. The monoisotopic (exact) mass is 364 g/mol. The van der Waals surface area contributed by atoms with E-state index in [1.807, 2.05) is 54.3 Å². The predicted molar refractivity (Wildman–Crippen MR) is 99.1 cm³/mol. The lowest BCUT2D eigenvalue weighted by molar-refractivity contribution is -0.142. The fraction of sp³-hybridized carbons (Fsp3) is 0.444. The van der Waals surface area contributed by atoms with E-state index in [0.29, 0.717) is 13.2 Å². The first kappa shape index (κ1) is 19.3. The zero-order chi connectivity index (χ0) is 16.8. The number of amides is 1. The van der Waals surface area contributed by atoms with Crippen LogP contribution in [0.4, 0.5) is 0 Å². The first-order valence-electron chi connectivity index (χ1n) is 8.37. The summed E-state index contributed by atoms with van der Waals surface area (Å²) in [5.74, 6) is 0.923. The number of benzene rings is 1. The number of nitrogens with zero attached hydrogens (tertiary/aromatic N) is 3. The van der Waals surface area contributed by atoms with Gasteiger partial charge in [-0.15, -0.1) is 12.4 Å². The van der Waals surface area contributed by atoms with Gasteiger partial charge < -0.3 is 15.0 Å². The fourth-order valence-electron chi connectivity index (χ4n) is 3.18. The smallest absolute Gasteiger partial charge is 0.250 e. The van der Waals surface area contributed by atoms with E-state index in [4.69, 9.17) is 4.74 Å². The van der Waals surface area contributed by atoms with E-state index in [9.17, 15) is 4.79 Å². The van der Waals surface area contributed by atoms with Crippen LogP contribution in [0.5, 0.6) is 5.75 Å². The lowest BCUT2D eigenvalue weighted by Crippen LogP contribution is -2.55. The Labute approximate surface area is 154 Å². The summed E-state index contributed by atoms with van der Waals surface area (Å²) in [5.41, 5.74) is -0.587. The molecule has 2 heterocycles. The molecular weight excluding hydrogens is 340 g/mol. The summed E-state index contributed by atoms with van der Waals surface area (Å²) in [6.45, 7) is 2.66. The Morgan fingerprint density at radius 1 is 1.28 bits per heavy atom. The third-order valence-corrected chi connectivity index (χ3v) is 4.56. The van der Waals surface area contributed by atoms with Gasteiger partial charge in [-0.2, -0.15) is 5.10 Å². The second kappa shape index (κ2) is 8.87. The van der Waals surface area contributed by atoms with Crippen LogP contribution in [0.3, 0.4) is 0 Å². The number of aromatic nitrogens is 2. The zero-order valence-electron chi connectivity index (χ0n) is 14.4. The summed E-state index contributed by atoms with van der Waals surface area (Å²) < 4.78 is 7.53. The van der Waals surface area contributed by atoms with Crippen molar-refractivity contribution in [2.75, 3.05) is 33.3 Å². The lowest BCUT2D eigenvalue weighted by Gasteiger charge is -2.39. The third kappa shape index (κ3) is 4.32. The van der Waals surface area contributed by atoms with Crippen LogP contribution in [-0.2, 0) is 10.3 Å². The van der Waals surface area contributed by atoms with Gasteiger partial charge in [-0.05, 0) is 44.1 Å². The highest BCUT2D eigenvalue weighted by Crippen LogP contribution is 2.29. The molecule has 0 bridgehead atoms. The number of nitrogens with one attached hydrogen (secondary N) is 1. The highest BCUT2D eigenvalue weighted by molar-refractivity contribution is 5.85. The molecule has 1 N–H and O–H groups in total. The number of para-hydroxylation sites is 1. The molecule has 1 fully saturated rings. The molecule has 0 saturated carbocycles. The van der Waals surface area contributed by atoms with Gasteiger partial charge in [-0.1, -0.05) is 18.2 Å². The Bertz CT molecular complexity index is 642. The molecule has 1 saturated heterocycles. The maximum absolute atomic E-state index is 13.1. The van der Waals surface area contributed by atoms with Crippen molar-refractivity contribution in [1.82, 2.24) is 20.0 Å². The molecular formula is C18H25ClN4O2. The first-order chi connectivity index (χ1) is 11.7. The van der Waals surface area contributed by atoms with Crippen molar-refractivity contribution in [3.8, 4) is 5.75 Å². The van der Waals surface area contributed by atoms with Gasteiger partial charge in [-0.25, -0.2) is 0 Å². The summed E-state index contributed by atoms with van der Waals surface area (Å²) in [7, 11) is 1.84. The molecule has 0 aliphatic carbocycles. The van der Waals surface area contributed by atoms with Crippen molar-refractivity contribution in [3.63, 3.8) is 0 Å². The minimum atomic E-state index is -0.587. The number of piperidine rings is 1. The molecule has 136 valence electrons. The van der Waals surface area contributed by atoms with Crippen molar-refractivity contribution >= 4 is 18.3 Å². The predicted octanol–water partition coefficient (Wildman–Crippen LogP) is 1.92. The molecule has 1 aromatic carbocycles. The van der Waals surface area contributed by atoms with Crippen LogP contribution in [0.25, 0.3) is 0 Å². The number of likely N-dealkylation sites (N-methyl/N-ethyl adjacent to an activating group) is 1. The summed E-state index contributed by atoms with van der Waals surface area (Å²) in [4.78, 5) is 14.9. The Hall–Kier alpha value is -2.05. The molecule has 2 aromatic rings. The van der Waals surface area contributed by atoms with E-state index in [-0.39, 0.29) is 18.3 Å². The van der Waals surface area contributed by atoms with Crippen LogP contribution < -0.4 is 10.1 Å². The number of halogens is 1. The Morgan fingerprint density at radius 3 is 2.64 bits per heavy atom. The normalized spacial score (nSPS) is 15.9. The number of carbonyl (C=O) groups is 1. The molecule has 0 unspecified atom stereocenters. The average molecular weight is 365 g/mol. The summed E-state index contributed by atoms with van der Waals surface area (Å²) in [5, 5.41) is 7.68. The Balaban J connectivity index is 0.00000225. The second-order valence-electron chi connectivity index (χ2n) is 6.12. The van der Waals surface area contributed by atoms with Crippen molar-refractivity contribution in [2.45, 2.75) is 18.4 Å². The number of carbonyl (C=O) groups excluding carboxylic acids is 1. The number of hydrogen-bond donors (Lipinski definition) is 1. The highest BCUT2D eigenvalue weighted by atomic mass is 35.5. The van der Waals surface area contributed by atoms with Gasteiger partial charge in [0.2, 0.25) is 0 Å². The van der Waals surface area contributed by atoms with Crippen LogP contribution in [-0.4, -0.2) is 53.9 Å². The first-order valence-corrected chi connectivity index (χ1v) is 8.37. The molecule has 6 nitrogen and oxygen atoms in total. The standard InChI is InChI=1S/C18H24N4O2.ClH/c1-21(14-15-24-16-6-3-2-4-7-16)17(23)18(8-11-19-12-9-18)22-13-5-10-20-22;/h2-7,10,13,19H,8-9,11-12,14-15H2,1H3;1H. The van der Waals surface area contributed by atoms with Crippen molar-refractivity contribution in [1.29, 1.82) is 0 Å². The minimum absolute atomic E-state index is 0. The van der Waals surface area contributed by atoms with E-state index in [1.54, 1.807) is 11.1 Å². The van der Waals surface area contributed by atoms with E-state index in [1.165, 1.54) is 0 Å². The molecule has 3 rings (SSSR count). The van der Waals surface area contributed by atoms with E-state index < -0.39 is 5.54 Å². The van der Waals surface area contributed by atoms with Crippen LogP contribution in [0.1, 0.15) is 12.8 Å². The van der Waals surface area contributed by atoms with Crippen molar-refractivity contribution in [3.05, 3.63) is 48.8 Å². The highest BCUT2D eigenvalue weighted by Gasteiger charge is 2.43. The lowest BCUT2D eigenvalue weighted by atomic mass is 9.87. The number of ether oxygens (including phenoxy) is 1. The summed E-state index contributed by atoms with van der Waals surface area (Å²) >= 11 is 0. The molecule has 0 radical (unpaired) electrons. The van der Waals surface area contributed by atoms with Crippen molar-refractivity contribution in [2.24, 2.45) is 0 Å². The van der Waals surface area contributed by atoms with Crippen LogP contribution in [0.15, 0.2) is 48.8 Å². The van der Waals surface area contributed by atoms with E-state index >= 15 is 0 Å². The molecule has 1 aromatic heterocycles. The zero-order valence-corrected chi connectivity index (χ0v) is 15.2. The second-order valence-corrected chi connectivity index (χ2v) is 6.12. The molecule has 1 aliphatic rings. The molecule has 1 amide bonds. The number of rotatable bonds is 6. The summed E-state index contributed by atoms with van der Waals surface area (Å²) in [6.07, 6.45) is 5.11. The maximum Gasteiger partial charge on any atom is 0.250 e. The van der Waals surface area contributed by atoms with E-state index in [0.717, 1.165) is 31.7 Å². The average Bonchev–Trinajstić information content (AvgIpc) is 3.18. The van der Waals surface area contributed by atoms with Gasteiger partial charge >= 0.3 is 0 Å². The Morgan fingerprint density at radius 2 is 2.00 bits per heavy atom. The van der Waals surface area contributed by atoms with E-state index in [2.05, 4.69) is 10.4 Å². The molecule has 1 aliphatic heterocycles. The molecule has 0 spiro atoms. The molecule has 7 heteroatoms. The Kier molecular flexibility index (Phi) is 6.84. The third-order valence-electron chi connectivity index (χ3n) is 4.56. The quantitative estimate of drug-likeness (QED) is 0.850. The van der Waals surface area contributed by atoms with Gasteiger partial charge in [0.1, 0.15) is 17.9 Å². The van der Waals surface area contributed by atoms with Crippen molar-refractivity contribution < 1.29 is 9.53 Å². The fourth-order valence-corrected chi connectivity index (χ4v) is 3.18. The van der Waals surface area contributed by atoms with Gasteiger partial charge in [0, 0.05) is 19.4 Å². The SMILES string of the molecule is CN(CCOc1ccccc1)C(=O)C1(n2cccn2)CCNCC1.Cl. The topological polar surface area (TPSA) is 59.4 Å². The van der Waals surface area contributed by atoms with Gasteiger partial charge in [0.25, 0.3) is 5.91 Å². The van der Waals surface area contributed by atoms with Crippen LogP contribution >= 0.6 is 12.4 Å². The van der Waals surface area contributed by atoms with Crippen LogP contribution in [0, 0.1) is 0 Å². The minimum Gasteiger partial charge on any atom is -0.492 e. The largest absolute Gasteiger partial charge is 0.492 e. The molecule has 0 atom stereocenters. The summed E-state index contributed by atoms with van der Waals surface area (Å²) in [6, 6.07) is 11.5. The maximum atomic E-state index is 13.1.